The smallest absolute Gasteiger partial charge is 0.264 e. The highest BCUT2D eigenvalue weighted by atomic mass is 19.3. The molecule has 0 radical (unpaired) electrons. The van der Waals surface area contributed by atoms with Gasteiger partial charge in [0.15, 0.2) is 0 Å². The summed E-state index contributed by atoms with van der Waals surface area (Å²) in [6.45, 7) is 0.426. The van der Waals surface area contributed by atoms with Crippen LogP contribution in [0.2, 0.25) is 0 Å². The maximum absolute atomic E-state index is 14.0. The van der Waals surface area contributed by atoms with Crippen molar-refractivity contribution in [3.63, 3.8) is 0 Å². The number of alkyl halides is 2. The van der Waals surface area contributed by atoms with E-state index in [1.54, 1.807) is 24.3 Å². The number of fused-ring (bicyclic) bond motifs is 2. The summed E-state index contributed by atoms with van der Waals surface area (Å²) in [5, 5.41) is 8.88. The maximum atomic E-state index is 14.0. The van der Waals surface area contributed by atoms with Crippen LogP contribution in [0.1, 0.15) is 42.4 Å². The second kappa shape index (κ2) is 6.99. The molecule has 2 bridgehead atoms. The molecule has 2 aromatic carbocycles. The highest BCUT2D eigenvalue weighted by Crippen LogP contribution is 2.40. The normalized spacial score (nSPS) is 24.5. The van der Waals surface area contributed by atoms with E-state index in [2.05, 4.69) is 4.90 Å². The zero-order valence-electron chi connectivity index (χ0n) is 14.7. The highest BCUT2D eigenvalue weighted by Gasteiger charge is 2.44. The molecule has 2 aliphatic rings. The molecule has 0 aromatic heterocycles. The predicted octanol–water partition coefficient (Wildman–Crippen LogP) is 4.37. The number of hydrogen-bond donors (Lipinski definition) is 1. The Kier molecular flexibility index (Phi) is 4.67. The van der Waals surface area contributed by atoms with Crippen molar-refractivity contribution in [1.82, 2.24) is 4.90 Å². The third kappa shape index (κ3) is 3.11. The second-order valence-corrected chi connectivity index (χ2v) is 7.36. The maximum Gasteiger partial charge on any atom is 0.264 e. The minimum atomic E-state index is -2.68. The van der Waals surface area contributed by atoms with Crippen molar-refractivity contribution in [3.8, 4) is 17.2 Å². The Morgan fingerprint density at radius 1 is 1.22 bits per heavy atom. The number of nitrogens with two attached hydrogens (primary N) is 1. The molecule has 6 heteroatoms. The van der Waals surface area contributed by atoms with Crippen LogP contribution < -0.4 is 5.73 Å². The molecule has 140 valence electrons. The molecule has 27 heavy (non-hydrogen) atoms. The number of rotatable bonds is 4. The largest absolute Gasteiger partial charge is 0.326 e. The molecule has 0 saturated carbocycles. The quantitative estimate of drug-likeness (QED) is 0.869. The van der Waals surface area contributed by atoms with Gasteiger partial charge < -0.3 is 5.73 Å². The lowest BCUT2D eigenvalue weighted by Crippen LogP contribution is -2.36. The lowest BCUT2D eigenvalue weighted by Gasteiger charge is -2.25. The van der Waals surface area contributed by atoms with Crippen LogP contribution in [-0.2, 0) is 6.54 Å². The number of nitrogens with zero attached hydrogens (tertiary/aromatic N) is 2. The minimum Gasteiger partial charge on any atom is -0.326 e. The van der Waals surface area contributed by atoms with Gasteiger partial charge in [0.25, 0.3) is 6.43 Å². The number of halogens is 3. The number of hydrogen-bond acceptors (Lipinski definition) is 3. The molecule has 3 nitrogen and oxygen atoms in total. The standard InChI is InChI=1S/C21H20F3N3/c22-17-8-12(4-5-13(17)10-25)16-3-1-2-14(20(16)21(23)24)11-27-15-6-7-19(27)18(26)9-15/h1-5,8,15,18-19,21H,6-7,9,11,26H2/t15-,18?,19+/m0/s1. The van der Waals surface area contributed by atoms with Gasteiger partial charge in [-0.2, -0.15) is 5.26 Å². The summed E-state index contributed by atoms with van der Waals surface area (Å²) in [5.74, 6) is -0.704. The van der Waals surface area contributed by atoms with E-state index in [-0.39, 0.29) is 23.2 Å². The fourth-order valence-electron chi connectivity index (χ4n) is 4.63. The molecule has 2 saturated heterocycles. The number of benzene rings is 2. The molecular formula is C21H20F3N3. The molecule has 4 rings (SSSR count). The van der Waals surface area contributed by atoms with Crippen molar-refractivity contribution < 1.29 is 13.2 Å². The van der Waals surface area contributed by atoms with Gasteiger partial charge in [-0.15, -0.1) is 0 Å². The van der Waals surface area contributed by atoms with Crippen molar-refractivity contribution in [3.05, 3.63) is 58.9 Å². The fourth-order valence-corrected chi connectivity index (χ4v) is 4.63. The molecule has 2 heterocycles. The van der Waals surface area contributed by atoms with Crippen LogP contribution >= 0.6 is 0 Å². The molecule has 0 amide bonds. The van der Waals surface area contributed by atoms with Gasteiger partial charge in [0.1, 0.15) is 11.9 Å². The lowest BCUT2D eigenvalue weighted by atomic mass is 9.94. The van der Waals surface area contributed by atoms with E-state index in [1.165, 1.54) is 12.1 Å². The predicted molar refractivity (Wildman–Crippen MR) is 96.5 cm³/mol. The van der Waals surface area contributed by atoms with E-state index in [9.17, 15) is 13.2 Å². The Hall–Kier alpha value is -2.36. The molecule has 2 N–H and O–H groups in total. The Labute approximate surface area is 156 Å². The van der Waals surface area contributed by atoms with E-state index >= 15 is 0 Å². The molecule has 0 aliphatic carbocycles. The van der Waals surface area contributed by atoms with Crippen molar-refractivity contribution in [1.29, 1.82) is 5.26 Å². The molecular weight excluding hydrogens is 351 g/mol. The Bertz CT molecular complexity index is 906. The Balaban J connectivity index is 1.73. The fraction of sp³-hybridized carbons (Fsp3) is 0.381. The van der Waals surface area contributed by atoms with Crippen molar-refractivity contribution in [2.75, 3.05) is 0 Å². The van der Waals surface area contributed by atoms with Crippen LogP contribution in [-0.4, -0.2) is 23.0 Å². The molecule has 2 fully saturated rings. The van der Waals surface area contributed by atoms with Crippen molar-refractivity contribution >= 4 is 0 Å². The molecule has 2 aliphatic heterocycles. The monoisotopic (exact) mass is 371 g/mol. The third-order valence-electron chi connectivity index (χ3n) is 5.90. The average Bonchev–Trinajstić information content (AvgIpc) is 3.16. The first kappa shape index (κ1) is 18.0. The highest BCUT2D eigenvalue weighted by molar-refractivity contribution is 5.70. The van der Waals surface area contributed by atoms with Crippen LogP contribution in [0.25, 0.3) is 11.1 Å². The van der Waals surface area contributed by atoms with E-state index in [0.717, 1.165) is 25.3 Å². The van der Waals surface area contributed by atoms with E-state index < -0.39 is 12.2 Å². The first-order valence-electron chi connectivity index (χ1n) is 9.11. The zero-order valence-corrected chi connectivity index (χ0v) is 14.7. The summed E-state index contributed by atoms with van der Waals surface area (Å²) in [6, 6.07) is 11.5. The van der Waals surface area contributed by atoms with Gasteiger partial charge in [-0.05, 0) is 48.1 Å². The summed E-state index contributed by atoms with van der Waals surface area (Å²) in [4.78, 5) is 2.25. The zero-order chi connectivity index (χ0) is 19.1. The van der Waals surface area contributed by atoms with Crippen LogP contribution in [0.5, 0.6) is 0 Å². The van der Waals surface area contributed by atoms with Crippen LogP contribution in [0, 0.1) is 17.1 Å². The summed E-state index contributed by atoms with van der Waals surface area (Å²) < 4.78 is 42.0. The van der Waals surface area contributed by atoms with Gasteiger partial charge in [0, 0.05) is 30.2 Å². The summed E-state index contributed by atoms with van der Waals surface area (Å²) in [6.07, 6.45) is 0.304. The van der Waals surface area contributed by atoms with E-state index in [4.69, 9.17) is 11.0 Å². The van der Waals surface area contributed by atoms with Crippen LogP contribution in [0.15, 0.2) is 36.4 Å². The minimum absolute atomic E-state index is 0.0681. The van der Waals surface area contributed by atoms with Crippen molar-refractivity contribution in [2.45, 2.75) is 50.4 Å². The number of nitriles is 1. The van der Waals surface area contributed by atoms with Gasteiger partial charge >= 0.3 is 0 Å². The van der Waals surface area contributed by atoms with Gasteiger partial charge in [-0.1, -0.05) is 24.3 Å². The molecule has 1 unspecified atom stereocenters. The molecule has 0 spiro atoms. The van der Waals surface area contributed by atoms with E-state index in [0.29, 0.717) is 29.3 Å². The Morgan fingerprint density at radius 3 is 2.63 bits per heavy atom. The van der Waals surface area contributed by atoms with Gasteiger partial charge in [-0.25, -0.2) is 13.2 Å². The van der Waals surface area contributed by atoms with Crippen LogP contribution in [0.4, 0.5) is 13.2 Å². The topological polar surface area (TPSA) is 53.0 Å². The van der Waals surface area contributed by atoms with Gasteiger partial charge in [0.2, 0.25) is 0 Å². The average molecular weight is 371 g/mol. The lowest BCUT2D eigenvalue weighted by molar-refractivity contribution is 0.148. The first-order valence-corrected chi connectivity index (χ1v) is 9.11. The Morgan fingerprint density at radius 2 is 2.04 bits per heavy atom. The SMILES string of the molecule is N#Cc1ccc(-c2cccc(CN3[C@H]4CC[C@@H]3C(N)C4)c2C(F)F)cc1F. The summed E-state index contributed by atoms with van der Waals surface area (Å²) in [5.41, 5.74) is 7.21. The first-order chi connectivity index (χ1) is 13.0. The van der Waals surface area contributed by atoms with Crippen molar-refractivity contribution in [2.24, 2.45) is 5.73 Å². The van der Waals surface area contributed by atoms with E-state index in [1.807, 2.05) is 0 Å². The summed E-state index contributed by atoms with van der Waals surface area (Å²) in [7, 11) is 0. The molecule has 2 aromatic rings. The van der Waals surface area contributed by atoms with Gasteiger partial charge in [-0.3, -0.25) is 4.90 Å². The second-order valence-electron chi connectivity index (χ2n) is 7.36. The summed E-state index contributed by atoms with van der Waals surface area (Å²) >= 11 is 0. The third-order valence-corrected chi connectivity index (χ3v) is 5.90. The molecule has 3 atom stereocenters. The van der Waals surface area contributed by atoms with Crippen LogP contribution in [0.3, 0.4) is 0 Å². The van der Waals surface area contributed by atoms with Gasteiger partial charge in [0.05, 0.1) is 5.56 Å².